The molecule has 2 N–H and O–H groups in total. The van der Waals surface area contributed by atoms with Gasteiger partial charge in [-0.25, -0.2) is 8.42 Å². The molecule has 0 aliphatic heterocycles. The molecule has 0 unspecified atom stereocenters. The highest BCUT2D eigenvalue weighted by Gasteiger charge is 2.31. The van der Waals surface area contributed by atoms with Crippen LogP contribution >= 0.6 is 11.3 Å². The third-order valence-corrected chi connectivity index (χ3v) is 7.41. The molecule has 0 aliphatic carbocycles. The normalized spacial score (nSPS) is 12.4. The molecule has 1 heterocycles. The van der Waals surface area contributed by atoms with Crippen molar-refractivity contribution in [1.82, 2.24) is 10.6 Å². The fourth-order valence-electron chi connectivity index (χ4n) is 2.56. The van der Waals surface area contributed by atoms with Crippen LogP contribution in [0.25, 0.3) is 0 Å². The lowest BCUT2D eigenvalue weighted by Crippen LogP contribution is -2.42. The molecule has 1 aromatic heterocycles. The monoisotopic (exact) mass is 420 g/mol. The molecule has 0 spiro atoms. The number of thiophene rings is 1. The third-order valence-electron chi connectivity index (χ3n) is 4.17. The Morgan fingerprint density at radius 2 is 1.75 bits per heavy atom. The average Bonchev–Trinajstić information content (AvgIpc) is 3.20. The summed E-state index contributed by atoms with van der Waals surface area (Å²) in [6.07, 6.45) is 1.45. The van der Waals surface area contributed by atoms with E-state index in [1.807, 2.05) is 13.8 Å². The van der Waals surface area contributed by atoms with Gasteiger partial charge >= 0.3 is 11.8 Å². The van der Waals surface area contributed by atoms with Crippen LogP contribution in [-0.4, -0.2) is 33.3 Å². The second-order valence-electron chi connectivity index (χ2n) is 6.48. The first kappa shape index (κ1) is 21.8. The number of rotatable bonds is 8. The Hall–Kier alpha value is -2.45. The van der Waals surface area contributed by atoms with Gasteiger partial charge in [0.1, 0.15) is 5.25 Å². The lowest BCUT2D eigenvalue weighted by Gasteiger charge is -2.18. The molecule has 0 saturated carbocycles. The van der Waals surface area contributed by atoms with Crippen LogP contribution < -0.4 is 10.6 Å². The maximum atomic E-state index is 13.2. The number of hydrogen-bond acceptors (Lipinski definition) is 5. The Morgan fingerprint density at radius 1 is 1.11 bits per heavy atom. The molecule has 1 aromatic carbocycles. The Bertz CT molecular complexity index is 918. The molecule has 0 aliphatic rings. The van der Waals surface area contributed by atoms with E-state index >= 15 is 0 Å². The zero-order chi connectivity index (χ0) is 20.7. The Balaban J connectivity index is 2.24. The van der Waals surface area contributed by atoms with Crippen LogP contribution in [-0.2, 0) is 19.4 Å². The third kappa shape index (κ3) is 5.30. The molecular weight excluding hydrogens is 396 g/mol. The van der Waals surface area contributed by atoms with Crippen LogP contribution in [0.1, 0.15) is 35.5 Å². The molecule has 1 atom stereocenters. The van der Waals surface area contributed by atoms with Gasteiger partial charge < -0.3 is 10.6 Å². The summed E-state index contributed by atoms with van der Waals surface area (Å²) >= 11 is 1.29. The summed E-state index contributed by atoms with van der Waals surface area (Å²) in [5.41, 5.74) is 1.04. The Labute approximate surface area is 169 Å². The molecule has 8 heteroatoms. The summed E-state index contributed by atoms with van der Waals surface area (Å²) in [5, 5.41) is 5.59. The van der Waals surface area contributed by atoms with Crippen molar-refractivity contribution in [3.63, 3.8) is 0 Å². The van der Waals surface area contributed by atoms with Gasteiger partial charge in [0.25, 0.3) is 0 Å². The van der Waals surface area contributed by atoms with E-state index in [9.17, 15) is 18.0 Å². The fraction of sp³-hybridized carbons (Fsp3) is 0.300. The molecule has 28 heavy (non-hydrogen) atoms. The Kier molecular flexibility index (Phi) is 7.53. The molecule has 0 bridgehead atoms. The number of sulfone groups is 1. The van der Waals surface area contributed by atoms with Crippen molar-refractivity contribution >= 4 is 33.0 Å². The van der Waals surface area contributed by atoms with E-state index in [1.54, 1.807) is 41.8 Å². The van der Waals surface area contributed by atoms with E-state index < -0.39 is 26.9 Å². The van der Waals surface area contributed by atoms with Crippen molar-refractivity contribution in [1.29, 1.82) is 0 Å². The lowest BCUT2D eigenvalue weighted by molar-refractivity contribution is -0.139. The predicted molar refractivity (Wildman–Crippen MR) is 111 cm³/mol. The quantitative estimate of drug-likeness (QED) is 0.507. The number of carbonyl (C=O) groups excluding carboxylic acids is 2. The maximum absolute atomic E-state index is 13.2. The van der Waals surface area contributed by atoms with Gasteiger partial charge in [-0.15, -0.1) is 17.9 Å². The number of benzene rings is 1. The first-order chi connectivity index (χ1) is 13.3. The van der Waals surface area contributed by atoms with Gasteiger partial charge in [0.2, 0.25) is 0 Å². The standard InChI is InChI=1S/C20H24N2O4S2/c1-4-11-21-19(23)20(24)22-13-18(17-6-5-12-27-17)28(25,26)16-9-7-15(8-10-16)14(2)3/h4-10,12,14,18H,1,11,13H2,2-3H3,(H,21,23)(H,22,24)/t18-/m1/s1. The second-order valence-corrected chi connectivity index (χ2v) is 9.59. The summed E-state index contributed by atoms with van der Waals surface area (Å²) in [6.45, 7) is 7.48. The highest BCUT2D eigenvalue weighted by molar-refractivity contribution is 7.91. The van der Waals surface area contributed by atoms with E-state index in [-0.39, 0.29) is 18.0 Å². The average molecular weight is 421 g/mol. The summed E-state index contributed by atoms with van der Waals surface area (Å²) in [7, 11) is -3.76. The fourth-order valence-corrected chi connectivity index (χ4v) is 5.34. The summed E-state index contributed by atoms with van der Waals surface area (Å²) in [5.74, 6) is -1.42. The van der Waals surface area contributed by atoms with Crippen molar-refractivity contribution in [3.8, 4) is 0 Å². The number of nitrogens with one attached hydrogen (secondary N) is 2. The maximum Gasteiger partial charge on any atom is 0.309 e. The minimum absolute atomic E-state index is 0.154. The van der Waals surface area contributed by atoms with Crippen LogP contribution in [0.2, 0.25) is 0 Å². The van der Waals surface area contributed by atoms with Crippen LogP contribution in [0.5, 0.6) is 0 Å². The van der Waals surface area contributed by atoms with Gasteiger partial charge in [-0.2, -0.15) is 0 Å². The zero-order valence-corrected chi connectivity index (χ0v) is 17.5. The molecule has 2 rings (SSSR count). The summed E-state index contributed by atoms with van der Waals surface area (Å²) < 4.78 is 26.4. The smallest absolute Gasteiger partial charge is 0.309 e. The van der Waals surface area contributed by atoms with Crippen molar-refractivity contribution < 1.29 is 18.0 Å². The topological polar surface area (TPSA) is 92.3 Å². The van der Waals surface area contributed by atoms with Crippen LogP contribution in [0, 0.1) is 0 Å². The molecule has 150 valence electrons. The molecule has 0 fully saturated rings. The van der Waals surface area contributed by atoms with Crippen molar-refractivity contribution in [2.75, 3.05) is 13.1 Å². The first-order valence-electron chi connectivity index (χ1n) is 8.81. The second kappa shape index (κ2) is 9.66. The van der Waals surface area contributed by atoms with Crippen LogP contribution in [0.4, 0.5) is 0 Å². The lowest BCUT2D eigenvalue weighted by atomic mass is 10.0. The van der Waals surface area contributed by atoms with E-state index in [4.69, 9.17) is 0 Å². The van der Waals surface area contributed by atoms with Gasteiger partial charge in [-0.1, -0.05) is 38.1 Å². The molecular formula is C20H24N2O4S2. The zero-order valence-electron chi connectivity index (χ0n) is 15.8. The number of carbonyl (C=O) groups is 2. The molecule has 0 saturated heterocycles. The first-order valence-corrected chi connectivity index (χ1v) is 11.2. The van der Waals surface area contributed by atoms with Gasteiger partial charge in [-0.3, -0.25) is 9.59 Å². The number of hydrogen-bond donors (Lipinski definition) is 2. The van der Waals surface area contributed by atoms with Gasteiger partial charge in [-0.05, 0) is 35.1 Å². The minimum Gasteiger partial charge on any atom is -0.346 e. The SMILES string of the molecule is C=CCNC(=O)C(=O)NC[C@H](c1cccs1)S(=O)(=O)c1ccc(C(C)C)cc1. The van der Waals surface area contributed by atoms with Crippen LogP contribution in [0.15, 0.2) is 59.3 Å². The summed E-state index contributed by atoms with van der Waals surface area (Å²) in [4.78, 5) is 24.4. The predicted octanol–water partition coefficient (Wildman–Crippen LogP) is 2.80. The van der Waals surface area contributed by atoms with E-state index in [2.05, 4.69) is 17.2 Å². The van der Waals surface area contributed by atoms with Gasteiger partial charge in [0.05, 0.1) is 4.90 Å². The van der Waals surface area contributed by atoms with Crippen molar-refractivity contribution in [2.24, 2.45) is 0 Å². The van der Waals surface area contributed by atoms with Crippen molar-refractivity contribution in [3.05, 3.63) is 64.9 Å². The van der Waals surface area contributed by atoms with E-state index in [0.29, 0.717) is 10.8 Å². The highest BCUT2D eigenvalue weighted by Crippen LogP contribution is 2.32. The van der Waals surface area contributed by atoms with Gasteiger partial charge in [0.15, 0.2) is 9.84 Å². The highest BCUT2D eigenvalue weighted by atomic mass is 32.2. The van der Waals surface area contributed by atoms with Crippen molar-refractivity contribution in [2.45, 2.75) is 29.9 Å². The molecule has 2 amide bonds. The molecule has 2 aromatic rings. The molecule has 0 radical (unpaired) electrons. The molecule has 6 nitrogen and oxygen atoms in total. The van der Waals surface area contributed by atoms with Gasteiger partial charge in [0, 0.05) is 18.0 Å². The number of amides is 2. The summed E-state index contributed by atoms with van der Waals surface area (Å²) in [6, 6.07) is 10.2. The van der Waals surface area contributed by atoms with E-state index in [0.717, 1.165) is 5.56 Å². The van der Waals surface area contributed by atoms with Crippen LogP contribution in [0.3, 0.4) is 0 Å². The Morgan fingerprint density at radius 3 is 2.29 bits per heavy atom. The largest absolute Gasteiger partial charge is 0.346 e. The van der Waals surface area contributed by atoms with E-state index in [1.165, 1.54) is 17.4 Å². The minimum atomic E-state index is -3.76.